The van der Waals surface area contributed by atoms with E-state index < -0.39 is 16.1 Å². The van der Waals surface area contributed by atoms with E-state index in [4.69, 9.17) is 0 Å². The van der Waals surface area contributed by atoms with Gasteiger partial charge in [0.2, 0.25) is 0 Å². The molecule has 0 aliphatic carbocycles. The number of rotatable bonds is 6. The second kappa shape index (κ2) is 8.66. The summed E-state index contributed by atoms with van der Waals surface area (Å²) in [6.45, 7) is 11.1. The molecular weight excluding hydrogens is 374 g/mol. The van der Waals surface area contributed by atoms with E-state index in [1.54, 1.807) is 6.08 Å². The molecule has 0 unspecified atom stereocenters. The van der Waals surface area contributed by atoms with Crippen molar-refractivity contribution in [2.75, 3.05) is 18.9 Å². The highest BCUT2D eigenvalue weighted by Crippen LogP contribution is 2.32. The van der Waals surface area contributed by atoms with Gasteiger partial charge in [-0.05, 0) is 56.3 Å². The summed E-state index contributed by atoms with van der Waals surface area (Å²) in [6, 6.07) is 5.13. The van der Waals surface area contributed by atoms with Crippen molar-refractivity contribution in [3.8, 4) is 0 Å². The van der Waals surface area contributed by atoms with Crippen molar-refractivity contribution >= 4 is 21.7 Å². The fourth-order valence-corrected chi connectivity index (χ4v) is 4.41. The molecule has 1 aliphatic rings. The number of hydrogen-bond acceptors (Lipinski definition) is 4. The Balaban J connectivity index is 2.18. The lowest BCUT2D eigenvalue weighted by molar-refractivity contribution is 0.251. The first-order valence-electron chi connectivity index (χ1n) is 9.82. The zero-order chi connectivity index (χ0) is 21.1. The van der Waals surface area contributed by atoms with Crippen molar-refractivity contribution in [3.63, 3.8) is 0 Å². The molecule has 1 heterocycles. The molecule has 1 aromatic rings. The van der Waals surface area contributed by atoms with Gasteiger partial charge in [0.1, 0.15) is 0 Å². The van der Waals surface area contributed by atoms with E-state index in [0.717, 1.165) is 35.9 Å². The molecule has 156 valence electrons. The summed E-state index contributed by atoms with van der Waals surface area (Å²) < 4.78 is 26.9. The average Bonchev–Trinajstić information content (AvgIpc) is 2.92. The van der Waals surface area contributed by atoms with E-state index in [9.17, 15) is 13.2 Å². The van der Waals surface area contributed by atoms with Crippen LogP contribution in [-0.2, 0) is 10.0 Å². The zero-order valence-electron chi connectivity index (χ0n) is 17.7. The van der Waals surface area contributed by atoms with Gasteiger partial charge in [-0.3, -0.25) is 4.90 Å². The normalized spacial score (nSPS) is 21.0. The number of para-hydroxylation sites is 1. The van der Waals surface area contributed by atoms with Gasteiger partial charge in [-0.2, -0.15) is 0 Å². The molecule has 1 atom stereocenters. The van der Waals surface area contributed by atoms with Crippen molar-refractivity contribution in [1.29, 1.82) is 0 Å². The number of likely N-dealkylation sites (tertiary alicyclic amines) is 1. The molecule has 0 radical (unpaired) electrons. The van der Waals surface area contributed by atoms with E-state index in [1.165, 1.54) is 0 Å². The Labute approximate surface area is 169 Å². The van der Waals surface area contributed by atoms with E-state index in [0.29, 0.717) is 5.69 Å². The van der Waals surface area contributed by atoms with Crippen LogP contribution in [0.3, 0.4) is 0 Å². The molecule has 2 rings (SSSR count). The number of anilines is 1. The highest BCUT2D eigenvalue weighted by molar-refractivity contribution is 7.92. The van der Waals surface area contributed by atoms with Crippen LogP contribution in [0.15, 0.2) is 29.7 Å². The molecule has 1 aliphatic heterocycles. The summed E-state index contributed by atoms with van der Waals surface area (Å²) in [6.07, 6.45) is 3.58. The predicted octanol–water partition coefficient (Wildman–Crippen LogP) is 4.38. The number of likely N-dealkylation sites (N-methyl/N-ethyl adjacent to an activating group) is 1. The lowest BCUT2D eigenvalue weighted by Crippen LogP contribution is -2.37. The number of carbonyl (C=O) groups excluding carboxylic acids is 1. The van der Waals surface area contributed by atoms with Gasteiger partial charge in [-0.15, -0.1) is 0 Å². The van der Waals surface area contributed by atoms with Crippen LogP contribution in [-0.4, -0.2) is 38.5 Å². The van der Waals surface area contributed by atoms with Crippen LogP contribution in [0.4, 0.5) is 10.5 Å². The lowest BCUT2D eigenvalue weighted by atomic mass is 9.93. The van der Waals surface area contributed by atoms with Crippen LogP contribution in [0.25, 0.3) is 0 Å². The maximum Gasteiger partial charge on any atom is 0.333 e. The highest BCUT2D eigenvalue weighted by atomic mass is 32.2. The molecule has 28 heavy (non-hydrogen) atoms. The number of benzene rings is 1. The van der Waals surface area contributed by atoms with Gasteiger partial charge in [0.15, 0.2) is 0 Å². The van der Waals surface area contributed by atoms with Gasteiger partial charge in [0, 0.05) is 16.6 Å². The Morgan fingerprint density at radius 1 is 1.18 bits per heavy atom. The summed E-state index contributed by atoms with van der Waals surface area (Å²) in [7, 11) is -1.91. The van der Waals surface area contributed by atoms with Gasteiger partial charge >= 0.3 is 6.03 Å². The molecule has 0 spiro atoms. The third kappa shape index (κ3) is 5.35. The second-order valence-electron chi connectivity index (χ2n) is 8.41. The lowest BCUT2D eigenvalue weighted by Gasteiger charge is -2.28. The van der Waals surface area contributed by atoms with Gasteiger partial charge in [0.05, 0.1) is 0 Å². The van der Waals surface area contributed by atoms with Crippen molar-refractivity contribution in [3.05, 3.63) is 40.8 Å². The van der Waals surface area contributed by atoms with Crippen LogP contribution in [0.5, 0.6) is 0 Å². The average molecular weight is 408 g/mol. The fraction of sp³-hybridized carbons (Fsp3) is 0.571. The van der Waals surface area contributed by atoms with Crippen molar-refractivity contribution in [2.24, 2.45) is 0 Å². The van der Waals surface area contributed by atoms with E-state index in [1.807, 2.05) is 59.9 Å². The summed E-state index contributed by atoms with van der Waals surface area (Å²) in [5.41, 5.74) is 2.34. The Hall–Kier alpha value is -1.86. The molecule has 7 heteroatoms. The highest BCUT2D eigenvalue weighted by Gasteiger charge is 2.31. The molecule has 0 bridgehead atoms. The summed E-state index contributed by atoms with van der Waals surface area (Å²) in [5.74, 6) is 0.395. The number of carbonyl (C=O) groups is 1. The number of urea groups is 1. The smallest absolute Gasteiger partial charge is 0.307 e. The Morgan fingerprint density at radius 2 is 1.75 bits per heavy atom. The monoisotopic (exact) mass is 407 g/mol. The van der Waals surface area contributed by atoms with Crippen LogP contribution in [0.1, 0.15) is 70.4 Å². The largest absolute Gasteiger partial charge is 0.333 e. The summed E-state index contributed by atoms with van der Waals surface area (Å²) in [4.78, 5) is 14.6. The third-order valence-corrected chi connectivity index (χ3v) is 6.47. The van der Waals surface area contributed by atoms with Crippen LogP contribution < -0.4 is 10.0 Å². The van der Waals surface area contributed by atoms with Crippen LogP contribution in [0.2, 0.25) is 0 Å². The molecule has 0 saturated carbocycles. The Kier molecular flexibility index (Phi) is 6.93. The van der Waals surface area contributed by atoms with E-state index >= 15 is 0 Å². The minimum absolute atomic E-state index is 0.198. The number of hydrogen-bond donors (Lipinski definition) is 2. The second-order valence-corrected chi connectivity index (χ2v) is 9.97. The SMILES string of the molecule is CC(C)c1cccc(C(C)C)c1NC(=O)NS(=O)(=O)/C=C/[C@@]1(C)CCCN1C. The Bertz CT molecular complexity index is 820. The predicted molar refractivity (Wildman–Crippen MR) is 115 cm³/mol. The van der Waals surface area contributed by atoms with Gasteiger partial charge in [0.25, 0.3) is 10.0 Å². The Morgan fingerprint density at radius 3 is 2.21 bits per heavy atom. The molecule has 6 nitrogen and oxygen atoms in total. The summed E-state index contributed by atoms with van der Waals surface area (Å²) in [5, 5.41) is 3.87. The van der Waals surface area contributed by atoms with Gasteiger partial charge < -0.3 is 5.32 Å². The van der Waals surface area contributed by atoms with Crippen LogP contribution in [0, 0.1) is 0 Å². The topological polar surface area (TPSA) is 78.5 Å². The molecule has 2 N–H and O–H groups in total. The van der Waals surface area contributed by atoms with Crippen molar-refractivity contribution < 1.29 is 13.2 Å². The minimum atomic E-state index is -3.89. The molecule has 0 aromatic heterocycles. The standard InChI is InChI=1S/C21H33N3O3S/c1-15(2)17-9-7-10-18(16(3)4)19(17)22-20(25)23-28(26,27)14-12-21(5)11-8-13-24(21)6/h7,9-10,12,14-16H,8,11,13H2,1-6H3,(H2,22,23,25)/b14-12+/t21-/m1/s1. The first-order chi connectivity index (χ1) is 12.9. The molecular formula is C21H33N3O3S. The minimum Gasteiger partial charge on any atom is -0.307 e. The molecule has 1 aromatic carbocycles. The van der Waals surface area contributed by atoms with Crippen molar-refractivity contribution in [2.45, 2.75) is 64.8 Å². The first kappa shape index (κ1) is 22.4. The third-order valence-electron chi connectivity index (χ3n) is 5.50. The maximum absolute atomic E-state index is 12.5. The fourth-order valence-electron chi connectivity index (χ4n) is 3.56. The van der Waals surface area contributed by atoms with E-state index in [-0.39, 0.29) is 17.4 Å². The first-order valence-corrected chi connectivity index (χ1v) is 11.4. The van der Waals surface area contributed by atoms with Gasteiger partial charge in [-0.1, -0.05) is 52.0 Å². The summed E-state index contributed by atoms with van der Waals surface area (Å²) >= 11 is 0. The van der Waals surface area contributed by atoms with Crippen molar-refractivity contribution in [1.82, 2.24) is 9.62 Å². The zero-order valence-corrected chi connectivity index (χ0v) is 18.6. The number of sulfonamides is 1. The van der Waals surface area contributed by atoms with Crippen LogP contribution >= 0.6 is 0 Å². The number of amides is 2. The molecule has 1 fully saturated rings. The van der Waals surface area contributed by atoms with E-state index in [2.05, 4.69) is 14.9 Å². The number of nitrogens with one attached hydrogen (secondary N) is 2. The molecule has 2 amide bonds. The maximum atomic E-state index is 12.5. The van der Waals surface area contributed by atoms with Gasteiger partial charge in [-0.25, -0.2) is 17.9 Å². The molecule has 1 saturated heterocycles. The number of nitrogens with zero attached hydrogens (tertiary/aromatic N) is 1. The quantitative estimate of drug-likeness (QED) is 0.733.